The summed E-state index contributed by atoms with van der Waals surface area (Å²) in [5.41, 5.74) is 10.2. The highest BCUT2D eigenvalue weighted by molar-refractivity contribution is 7.22. The van der Waals surface area contributed by atoms with Crippen LogP contribution in [0.3, 0.4) is 0 Å². The second-order valence-electron chi connectivity index (χ2n) is 11.8. The van der Waals surface area contributed by atoms with E-state index in [2.05, 4.69) is 16.9 Å². The van der Waals surface area contributed by atoms with Crippen molar-refractivity contribution in [1.82, 2.24) is 30.1 Å². The van der Waals surface area contributed by atoms with Gasteiger partial charge < -0.3 is 30.0 Å². The van der Waals surface area contributed by atoms with Gasteiger partial charge in [-0.15, -0.1) is 6.58 Å². The van der Waals surface area contributed by atoms with Gasteiger partial charge in [0.15, 0.2) is 5.13 Å². The van der Waals surface area contributed by atoms with Gasteiger partial charge in [-0.05, 0) is 53.1 Å². The number of anilines is 1. The standard InChI is InChI=1S/C35H35N7O5S/c1-3-14-40(35(45)37-18-22-7-10-26(46-2)11-8-22)41-21-31(43)42-27(17-23-9-12-28-24(16-23)13-15-47-28)33(44)39(20-30(41)42)19-25-5-4-6-29-32(25)38-34(36)48-29/h3-13,15-16,27,30H,1,14,17-21H2,2H3,(H2,36,38)(H,37,45)/t27-,30+/m0/s1. The average Bonchev–Trinajstić information content (AvgIpc) is 3.81. The molecule has 13 heteroatoms. The first kappa shape index (κ1) is 31.2. The zero-order valence-corrected chi connectivity index (χ0v) is 27.2. The molecule has 7 rings (SSSR count). The number of furan rings is 1. The monoisotopic (exact) mass is 665 g/mol. The number of nitrogens with zero attached hydrogens (tertiary/aromatic N) is 5. The Hall–Kier alpha value is -5.40. The highest BCUT2D eigenvalue weighted by atomic mass is 32.1. The molecule has 5 aromatic rings. The average molecular weight is 666 g/mol. The van der Waals surface area contributed by atoms with Crippen molar-refractivity contribution in [3.05, 3.63) is 102 Å². The maximum atomic E-state index is 14.4. The molecule has 3 aromatic carbocycles. The van der Waals surface area contributed by atoms with Gasteiger partial charge in [-0.25, -0.2) is 9.78 Å². The van der Waals surface area contributed by atoms with Gasteiger partial charge in [-0.2, -0.15) is 5.01 Å². The molecule has 3 N–H and O–H groups in total. The first-order valence-electron chi connectivity index (χ1n) is 15.6. The molecule has 246 valence electrons. The van der Waals surface area contributed by atoms with Gasteiger partial charge in [-0.3, -0.25) is 14.6 Å². The van der Waals surface area contributed by atoms with Crippen LogP contribution in [0.4, 0.5) is 9.93 Å². The number of ether oxygens (including phenoxy) is 1. The maximum absolute atomic E-state index is 14.4. The summed E-state index contributed by atoms with van der Waals surface area (Å²) in [7, 11) is 1.60. The lowest BCUT2D eigenvalue weighted by Crippen LogP contribution is -2.66. The summed E-state index contributed by atoms with van der Waals surface area (Å²) in [6.45, 7) is 4.71. The number of nitrogen functional groups attached to an aromatic ring is 1. The summed E-state index contributed by atoms with van der Waals surface area (Å²) in [5, 5.41) is 7.60. The SMILES string of the molecule is C=CCN(C(=O)NCc1ccc(OC)cc1)N1CC(=O)N2[C@@H](Cc3ccc4occc4c3)C(=O)N(Cc3cccc4sc(N)nc34)C[C@@H]21. The molecule has 2 atom stereocenters. The summed E-state index contributed by atoms with van der Waals surface area (Å²) < 4.78 is 11.7. The molecule has 2 aliphatic rings. The number of nitrogens with one attached hydrogen (secondary N) is 1. The highest BCUT2D eigenvalue weighted by Gasteiger charge is 2.52. The molecule has 2 aliphatic heterocycles. The molecule has 4 heterocycles. The fourth-order valence-corrected chi connectivity index (χ4v) is 7.33. The van der Waals surface area contributed by atoms with Crippen molar-refractivity contribution in [2.45, 2.75) is 31.7 Å². The third kappa shape index (κ3) is 5.93. The van der Waals surface area contributed by atoms with Gasteiger partial charge >= 0.3 is 6.03 Å². The summed E-state index contributed by atoms with van der Waals surface area (Å²) in [5.74, 6) is 0.320. The topological polar surface area (TPSA) is 137 Å². The number of fused-ring (bicyclic) bond motifs is 3. The van der Waals surface area contributed by atoms with Gasteiger partial charge in [0.1, 0.15) is 23.5 Å². The molecule has 0 spiro atoms. The van der Waals surface area contributed by atoms with Crippen molar-refractivity contribution in [1.29, 1.82) is 0 Å². The number of hydrogen-bond acceptors (Lipinski definition) is 9. The van der Waals surface area contributed by atoms with Crippen molar-refractivity contribution >= 4 is 55.5 Å². The molecule has 4 amide bonds. The Bertz CT molecular complexity index is 2010. The van der Waals surface area contributed by atoms with Crippen LogP contribution in [0, 0.1) is 0 Å². The fraction of sp³-hybridized carbons (Fsp3) is 0.257. The van der Waals surface area contributed by atoms with Crippen LogP contribution in [0.25, 0.3) is 21.2 Å². The first-order valence-corrected chi connectivity index (χ1v) is 16.4. The van der Waals surface area contributed by atoms with Crippen molar-refractivity contribution in [2.75, 3.05) is 32.5 Å². The van der Waals surface area contributed by atoms with E-state index in [0.29, 0.717) is 11.6 Å². The van der Waals surface area contributed by atoms with E-state index >= 15 is 0 Å². The number of thiazole rings is 1. The lowest BCUT2D eigenvalue weighted by molar-refractivity contribution is -0.157. The van der Waals surface area contributed by atoms with Crippen LogP contribution < -0.4 is 15.8 Å². The van der Waals surface area contributed by atoms with E-state index in [-0.39, 0.29) is 50.6 Å². The Morgan fingerprint density at radius 3 is 2.77 bits per heavy atom. The number of nitrogens with two attached hydrogens (primary N) is 1. The lowest BCUT2D eigenvalue weighted by atomic mass is 9.99. The number of benzene rings is 3. The van der Waals surface area contributed by atoms with E-state index in [1.165, 1.54) is 16.3 Å². The number of carbonyl (C=O) groups is 3. The largest absolute Gasteiger partial charge is 0.497 e. The smallest absolute Gasteiger partial charge is 0.332 e. The zero-order chi connectivity index (χ0) is 33.4. The van der Waals surface area contributed by atoms with Crippen molar-refractivity contribution in [3.8, 4) is 5.75 Å². The minimum absolute atomic E-state index is 0.0644. The number of para-hydroxylation sites is 1. The molecule has 2 aromatic heterocycles. The van der Waals surface area contributed by atoms with E-state index in [9.17, 15) is 14.4 Å². The van der Waals surface area contributed by atoms with Crippen LogP contribution in [-0.2, 0) is 29.1 Å². The predicted molar refractivity (Wildman–Crippen MR) is 183 cm³/mol. The third-order valence-corrected chi connectivity index (χ3v) is 9.69. The molecule has 0 radical (unpaired) electrons. The normalized spacial score (nSPS) is 18.0. The van der Waals surface area contributed by atoms with E-state index in [0.717, 1.165) is 43.6 Å². The van der Waals surface area contributed by atoms with Crippen molar-refractivity contribution in [2.24, 2.45) is 0 Å². The molecule has 2 fully saturated rings. The van der Waals surface area contributed by atoms with Crippen LogP contribution in [0.15, 0.2) is 90.1 Å². The number of hydrogen-bond donors (Lipinski definition) is 2. The van der Waals surface area contributed by atoms with Crippen LogP contribution in [-0.4, -0.2) is 81.6 Å². The molecule has 12 nitrogen and oxygen atoms in total. The fourth-order valence-electron chi connectivity index (χ4n) is 6.55. The van der Waals surface area contributed by atoms with Crippen LogP contribution in [0.1, 0.15) is 16.7 Å². The second kappa shape index (κ2) is 13.0. The van der Waals surface area contributed by atoms with E-state index in [4.69, 9.17) is 14.9 Å². The zero-order valence-electron chi connectivity index (χ0n) is 26.4. The van der Waals surface area contributed by atoms with Crippen LogP contribution in [0.2, 0.25) is 0 Å². The van der Waals surface area contributed by atoms with Crippen molar-refractivity contribution < 1.29 is 23.5 Å². The molecule has 0 bridgehead atoms. The summed E-state index contributed by atoms with van der Waals surface area (Å²) >= 11 is 1.39. The minimum atomic E-state index is -0.793. The highest BCUT2D eigenvalue weighted by Crippen LogP contribution is 2.33. The second-order valence-corrected chi connectivity index (χ2v) is 12.9. The van der Waals surface area contributed by atoms with Crippen molar-refractivity contribution in [3.63, 3.8) is 0 Å². The number of amides is 4. The van der Waals surface area contributed by atoms with E-state index < -0.39 is 12.2 Å². The molecule has 48 heavy (non-hydrogen) atoms. The Balaban J connectivity index is 1.19. The first-order chi connectivity index (χ1) is 23.3. The molecule has 2 saturated heterocycles. The maximum Gasteiger partial charge on any atom is 0.332 e. The quantitative estimate of drug-likeness (QED) is 0.210. The van der Waals surface area contributed by atoms with Crippen LogP contribution in [0.5, 0.6) is 5.75 Å². The summed E-state index contributed by atoms with van der Waals surface area (Å²) in [6.07, 6.45) is 2.95. The Morgan fingerprint density at radius 2 is 1.98 bits per heavy atom. The molecular weight excluding hydrogens is 630 g/mol. The number of aromatic nitrogens is 1. The number of carbonyl (C=O) groups excluding carboxylic acids is 3. The third-order valence-electron chi connectivity index (χ3n) is 8.84. The van der Waals surface area contributed by atoms with Gasteiger partial charge in [0.2, 0.25) is 11.8 Å². The van der Waals surface area contributed by atoms with Gasteiger partial charge in [0.05, 0.1) is 43.2 Å². The van der Waals surface area contributed by atoms with Gasteiger partial charge in [0.25, 0.3) is 0 Å². The lowest BCUT2D eigenvalue weighted by Gasteiger charge is -2.46. The van der Waals surface area contributed by atoms with E-state index in [1.807, 2.05) is 66.7 Å². The van der Waals surface area contributed by atoms with Crippen LogP contribution >= 0.6 is 11.3 Å². The van der Waals surface area contributed by atoms with E-state index in [1.54, 1.807) is 34.3 Å². The number of rotatable bonds is 10. The predicted octanol–water partition coefficient (Wildman–Crippen LogP) is 4.37. The summed E-state index contributed by atoms with van der Waals surface area (Å²) in [4.78, 5) is 49.8. The summed E-state index contributed by atoms with van der Waals surface area (Å²) in [6, 6.07) is 19.7. The minimum Gasteiger partial charge on any atom is -0.497 e. The Kier molecular flexibility index (Phi) is 8.46. The number of piperazine rings is 1. The van der Waals surface area contributed by atoms with Gasteiger partial charge in [-0.1, -0.05) is 47.7 Å². The number of methoxy groups -OCH3 is 1. The molecule has 0 unspecified atom stereocenters. The van der Waals surface area contributed by atoms with Gasteiger partial charge in [0, 0.05) is 24.9 Å². The molecule has 0 aliphatic carbocycles. The molecular formula is C35H35N7O5S. The number of urea groups is 1. The Morgan fingerprint density at radius 1 is 1.17 bits per heavy atom. The molecule has 0 saturated carbocycles. The Labute approximate surface area is 280 Å². The number of hydrazine groups is 1.